The quantitative estimate of drug-likeness (QED) is 0.599. The molecule has 2 aliphatic heterocycles. The van der Waals surface area contributed by atoms with E-state index in [-0.39, 0.29) is 30.5 Å². The van der Waals surface area contributed by atoms with Gasteiger partial charge in [-0.25, -0.2) is 9.59 Å². The highest BCUT2D eigenvalue weighted by atomic mass is 16.5. The molecule has 0 saturated carbocycles. The van der Waals surface area contributed by atoms with Crippen LogP contribution in [0.1, 0.15) is 64.6 Å². The van der Waals surface area contributed by atoms with E-state index in [2.05, 4.69) is 24.1 Å². The molecular weight excluding hydrogens is 444 g/mol. The molecule has 1 aromatic carbocycles. The largest absolute Gasteiger partial charge is 0.463 e. The van der Waals surface area contributed by atoms with Crippen LogP contribution in [0.3, 0.4) is 0 Å². The number of piperazine rings is 1. The maximum Gasteiger partial charge on any atom is 0.338 e. The number of benzene rings is 1. The number of urea groups is 1. The fourth-order valence-electron chi connectivity index (χ4n) is 4.77. The second-order valence-electron chi connectivity index (χ2n) is 10.1. The molecule has 192 valence electrons. The van der Waals surface area contributed by atoms with Crippen LogP contribution < -0.4 is 5.32 Å². The maximum absolute atomic E-state index is 13.2. The molecule has 0 bridgehead atoms. The van der Waals surface area contributed by atoms with E-state index in [0.717, 1.165) is 5.56 Å². The summed E-state index contributed by atoms with van der Waals surface area (Å²) in [5.74, 6) is 0.0738. The van der Waals surface area contributed by atoms with Crippen molar-refractivity contribution in [3.63, 3.8) is 0 Å². The molecule has 1 saturated heterocycles. The van der Waals surface area contributed by atoms with Gasteiger partial charge in [0.2, 0.25) is 5.91 Å². The van der Waals surface area contributed by atoms with Gasteiger partial charge >= 0.3 is 12.0 Å². The van der Waals surface area contributed by atoms with E-state index in [0.29, 0.717) is 43.4 Å². The monoisotopic (exact) mass is 484 g/mol. The van der Waals surface area contributed by atoms with Crippen molar-refractivity contribution in [1.29, 1.82) is 0 Å². The highest BCUT2D eigenvalue weighted by molar-refractivity contribution is 5.95. The van der Waals surface area contributed by atoms with E-state index in [1.807, 2.05) is 49.9 Å². The van der Waals surface area contributed by atoms with Gasteiger partial charge in [0.1, 0.15) is 0 Å². The average molecular weight is 485 g/mol. The van der Waals surface area contributed by atoms with E-state index in [1.165, 1.54) is 10.5 Å². The van der Waals surface area contributed by atoms with E-state index >= 15 is 0 Å². The zero-order valence-corrected chi connectivity index (χ0v) is 22.1. The van der Waals surface area contributed by atoms with Gasteiger partial charge in [-0.15, -0.1) is 0 Å². The van der Waals surface area contributed by atoms with Gasteiger partial charge in [-0.2, -0.15) is 0 Å². The third-order valence-corrected chi connectivity index (χ3v) is 6.87. The second kappa shape index (κ2) is 11.2. The number of hydrogen-bond acceptors (Lipinski definition) is 5. The third-order valence-electron chi connectivity index (χ3n) is 6.87. The molecule has 8 nitrogen and oxygen atoms in total. The molecular formula is C27H40N4O4. The molecule has 2 atom stereocenters. The Morgan fingerprint density at radius 1 is 1.11 bits per heavy atom. The lowest BCUT2D eigenvalue weighted by Gasteiger charge is -2.42. The lowest BCUT2D eigenvalue weighted by Crippen LogP contribution is -2.56. The van der Waals surface area contributed by atoms with Gasteiger partial charge in [0, 0.05) is 50.9 Å². The molecule has 1 fully saturated rings. The van der Waals surface area contributed by atoms with Crippen molar-refractivity contribution in [2.45, 2.75) is 59.5 Å². The minimum Gasteiger partial charge on any atom is -0.463 e. The van der Waals surface area contributed by atoms with Crippen LogP contribution in [0, 0.1) is 5.92 Å². The van der Waals surface area contributed by atoms with Crippen LogP contribution in [0.5, 0.6) is 0 Å². The van der Waals surface area contributed by atoms with E-state index in [4.69, 9.17) is 4.74 Å². The zero-order valence-electron chi connectivity index (χ0n) is 22.1. The van der Waals surface area contributed by atoms with Gasteiger partial charge in [0.15, 0.2) is 0 Å². The number of likely N-dealkylation sites (N-methyl/N-ethyl adjacent to an activating group) is 1. The van der Waals surface area contributed by atoms with Crippen LogP contribution in [0.15, 0.2) is 35.5 Å². The summed E-state index contributed by atoms with van der Waals surface area (Å²) in [4.78, 5) is 44.4. The number of hydrogen-bond donors (Lipinski definition) is 1. The van der Waals surface area contributed by atoms with Crippen LogP contribution in [0.2, 0.25) is 0 Å². The summed E-state index contributed by atoms with van der Waals surface area (Å²) in [6, 6.07) is 7.23. The average Bonchev–Trinajstić information content (AvgIpc) is 2.81. The lowest BCUT2D eigenvalue weighted by molar-refractivity contribution is -0.139. The highest BCUT2D eigenvalue weighted by Crippen LogP contribution is 2.32. The number of ether oxygens (including phenoxy) is 1. The summed E-state index contributed by atoms with van der Waals surface area (Å²) < 4.78 is 5.45. The SMILES string of the molecule is CCOC(=O)C1=C(CN2CCN(C(=O)C(C)C)C(C)C2)N(C)C(=O)NC1c1ccc(C(C)C)cc1. The Balaban J connectivity index is 1.94. The minimum atomic E-state index is -0.588. The number of carbonyl (C=O) groups excluding carboxylic acids is 3. The molecule has 0 radical (unpaired) electrons. The molecule has 1 N–H and O–H groups in total. The molecule has 1 aromatic rings. The number of amides is 3. The van der Waals surface area contributed by atoms with Crippen molar-refractivity contribution in [1.82, 2.24) is 20.0 Å². The first kappa shape index (κ1) is 26.7. The van der Waals surface area contributed by atoms with Gasteiger partial charge in [0.05, 0.1) is 18.2 Å². The van der Waals surface area contributed by atoms with Gasteiger partial charge in [0.25, 0.3) is 0 Å². The van der Waals surface area contributed by atoms with Crippen molar-refractivity contribution >= 4 is 17.9 Å². The molecule has 0 aromatic heterocycles. The van der Waals surface area contributed by atoms with Crippen molar-refractivity contribution in [3.8, 4) is 0 Å². The molecule has 35 heavy (non-hydrogen) atoms. The number of nitrogens with zero attached hydrogens (tertiary/aromatic N) is 3. The summed E-state index contributed by atoms with van der Waals surface area (Å²) in [6.07, 6.45) is 0. The molecule has 8 heteroatoms. The fourth-order valence-corrected chi connectivity index (χ4v) is 4.77. The third kappa shape index (κ3) is 5.86. The predicted molar refractivity (Wildman–Crippen MR) is 136 cm³/mol. The van der Waals surface area contributed by atoms with Gasteiger partial charge < -0.3 is 15.0 Å². The number of esters is 1. The van der Waals surface area contributed by atoms with Gasteiger partial charge in [-0.3, -0.25) is 14.6 Å². The topological polar surface area (TPSA) is 82.2 Å². The van der Waals surface area contributed by atoms with E-state index in [9.17, 15) is 14.4 Å². The highest BCUT2D eigenvalue weighted by Gasteiger charge is 2.38. The maximum atomic E-state index is 13.2. The van der Waals surface area contributed by atoms with Crippen molar-refractivity contribution < 1.29 is 19.1 Å². The van der Waals surface area contributed by atoms with E-state index in [1.54, 1.807) is 14.0 Å². The van der Waals surface area contributed by atoms with E-state index < -0.39 is 12.0 Å². The molecule has 2 aliphatic rings. The molecule has 3 amide bonds. The zero-order chi connectivity index (χ0) is 25.9. The summed E-state index contributed by atoms with van der Waals surface area (Å²) in [6.45, 7) is 14.6. The molecule has 3 rings (SSSR count). The molecule has 2 heterocycles. The molecule has 0 aliphatic carbocycles. The summed E-state index contributed by atoms with van der Waals surface area (Å²) in [5, 5.41) is 2.99. The summed E-state index contributed by atoms with van der Waals surface area (Å²) in [7, 11) is 1.68. The molecule has 0 spiro atoms. The number of nitrogens with one attached hydrogen (secondary N) is 1. The second-order valence-corrected chi connectivity index (χ2v) is 10.1. The van der Waals surface area contributed by atoms with Crippen LogP contribution in [0.4, 0.5) is 4.79 Å². The first-order valence-corrected chi connectivity index (χ1v) is 12.6. The Morgan fingerprint density at radius 3 is 2.31 bits per heavy atom. The Bertz CT molecular complexity index is 970. The lowest BCUT2D eigenvalue weighted by atomic mass is 9.92. The van der Waals surface area contributed by atoms with Crippen LogP contribution in [-0.4, -0.2) is 78.5 Å². The standard InChI is InChI=1S/C27H40N4O4/c1-8-35-26(33)23-22(16-30-13-14-31(19(6)15-30)25(32)18(4)5)29(7)27(34)28-24(23)21-11-9-20(10-12-21)17(2)3/h9-12,17-19,24H,8,13-16H2,1-7H3,(H,28,34). The normalized spacial score (nSPS) is 21.6. The Hall–Kier alpha value is -2.87. The Morgan fingerprint density at radius 2 is 1.77 bits per heavy atom. The fraction of sp³-hybridized carbons (Fsp3) is 0.593. The predicted octanol–water partition coefficient (Wildman–Crippen LogP) is 3.51. The van der Waals surface area contributed by atoms with Crippen LogP contribution in [-0.2, 0) is 14.3 Å². The van der Waals surface area contributed by atoms with Crippen LogP contribution in [0.25, 0.3) is 0 Å². The first-order chi connectivity index (χ1) is 16.5. The number of carbonyl (C=O) groups is 3. The first-order valence-electron chi connectivity index (χ1n) is 12.6. The smallest absolute Gasteiger partial charge is 0.338 e. The Kier molecular flexibility index (Phi) is 8.59. The molecule has 2 unspecified atom stereocenters. The summed E-state index contributed by atoms with van der Waals surface area (Å²) >= 11 is 0. The van der Waals surface area contributed by atoms with Crippen LogP contribution >= 0.6 is 0 Å². The summed E-state index contributed by atoms with van der Waals surface area (Å²) in [5.41, 5.74) is 3.13. The van der Waals surface area contributed by atoms with Crippen molar-refractivity contribution in [2.75, 3.05) is 39.8 Å². The Labute approximate surface area is 209 Å². The van der Waals surface area contributed by atoms with Crippen molar-refractivity contribution in [3.05, 3.63) is 46.7 Å². The number of rotatable bonds is 7. The minimum absolute atomic E-state index is 0.0434. The van der Waals surface area contributed by atoms with Gasteiger partial charge in [-0.05, 0) is 30.9 Å². The van der Waals surface area contributed by atoms with Gasteiger partial charge in [-0.1, -0.05) is 52.0 Å². The van der Waals surface area contributed by atoms with Crippen molar-refractivity contribution in [2.24, 2.45) is 5.92 Å².